The molecule has 2 aromatic carbocycles. The fourth-order valence-corrected chi connectivity index (χ4v) is 2.65. The minimum Gasteiger partial charge on any atom is -0.372 e. The highest BCUT2D eigenvalue weighted by molar-refractivity contribution is 6.37. The second kappa shape index (κ2) is 7.27. The van der Waals surface area contributed by atoms with Gasteiger partial charge in [0.15, 0.2) is 0 Å². The molecule has 0 fully saturated rings. The van der Waals surface area contributed by atoms with Crippen LogP contribution in [0.5, 0.6) is 0 Å². The second-order valence-corrected chi connectivity index (χ2v) is 5.87. The third kappa shape index (κ3) is 4.09. The van der Waals surface area contributed by atoms with Crippen LogP contribution < -0.4 is 11.5 Å². The molecule has 0 aliphatic heterocycles. The summed E-state index contributed by atoms with van der Waals surface area (Å²) in [6.07, 6.45) is 3.99. The lowest BCUT2D eigenvalue weighted by Gasteiger charge is -2.23. The first kappa shape index (κ1) is 17.0. The summed E-state index contributed by atoms with van der Waals surface area (Å²) in [4.78, 5) is 0. The molecule has 0 aliphatic carbocycles. The summed E-state index contributed by atoms with van der Waals surface area (Å²) in [5.74, 6) is 0. The first-order valence-corrected chi connectivity index (χ1v) is 7.63. The smallest absolute Gasteiger partial charge is 0.140 e. The predicted molar refractivity (Wildman–Crippen MR) is 93.6 cm³/mol. The maximum absolute atomic E-state index is 10.2. The zero-order chi connectivity index (χ0) is 16.2. The highest BCUT2D eigenvalue weighted by atomic mass is 35.5. The maximum atomic E-state index is 10.2. The van der Waals surface area contributed by atoms with Gasteiger partial charge in [-0.25, -0.2) is 0 Å². The van der Waals surface area contributed by atoms with Gasteiger partial charge in [0.05, 0.1) is 0 Å². The van der Waals surface area contributed by atoms with Crippen LogP contribution in [0, 0.1) is 0 Å². The van der Waals surface area contributed by atoms with E-state index in [-0.39, 0.29) is 6.42 Å². The maximum Gasteiger partial charge on any atom is 0.140 e. The number of rotatable bonds is 5. The first-order valence-electron chi connectivity index (χ1n) is 6.88. The van der Waals surface area contributed by atoms with Gasteiger partial charge in [0.2, 0.25) is 0 Å². The van der Waals surface area contributed by atoms with Gasteiger partial charge in [0, 0.05) is 22.0 Å². The molecule has 3 nitrogen and oxygen atoms in total. The molecule has 0 radical (unpaired) electrons. The van der Waals surface area contributed by atoms with E-state index in [1.165, 1.54) is 0 Å². The minimum absolute atomic E-state index is 0.288. The lowest BCUT2D eigenvalue weighted by atomic mass is 9.98. The van der Waals surface area contributed by atoms with Gasteiger partial charge in [-0.05, 0) is 35.9 Å². The van der Waals surface area contributed by atoms with Crippen molar-refractivity contribution in [2.75, 3.05) is 6.54 Å². The molecule has 5 heteroatoms. The molecule has 5 N–H and O–H groups in total. The fourth-order valence-electron chi connectivity index (χ4n) is 2.13. The van der Waals surface area contributed by atoms with Crippen LogP contribution in [0.2, 0.25) is 10.0 Å². The van der Waals surface area contributed by atoms with Crippen molar-refractivity contribution >= 4 is 35.4 Å². The number of nitrogens with two attached hydrogens (primary N) is 2. The standard InChI is InChI=1S/C17H18Cl2N2O/c18-15-5-2-6-16(19)14(15)8-7-12-3-1-4-13(11-12)17(21,22)9-10-20/h1-8,11,22H,9-10,20-21H2/t17-/m0/s1. The van der Waals surface area contributed by atoms with E-state index < -0.39 is 5.72 Å². The predicted octanol–water partition coefficient (Wildman–Crippen LogP) is 3.62. The largest absolute Gasteiger partial charge is 0.372 e. The molecule has 0 unspecified atom stereocenters. The van der Waals surface area contributed by atoms with Gasteiger partial charge >= 0.3 is 0 Å². The van der Waals surface area contributed by atoms with Gasteiger partial charge in [-0.1, -0.05) is 59.6 Å². The number of aliphatic hydroxyl groups is 1. The molecular weight excluding hydrogens is 319 g/mol. The molecule has 0 saturated carbocycles. The number of benzene rings is 2. The van der Waals surface area contributed by atoms with Crippen molar-refractivity contribution in [1.82, 2.24) is 0 Å². The van der Waals surface area contributed by atoms with Crippen LogP contribution in [0.4, 0.5) is 0 Å². The number of halogens is 2. The topological polar surface area (TPSA) is 72.3 Å². The quantitative estimate of drug-likeness (QED) is 0.576. The van der Waals surface area contributed by atoms with Crippen LogP contribution in [0.3, 0.4) is 0 Å². The van der Waals surface area contributed by atoms with Crippen molar-refractivity contribution in [2.24, 2.45) is 11.5 Å². The Hall–Kier alpha value is -1.36. The summed E-state index contributed by atoms with van der Waals surface area (Å²) in [6, 6.07) is 12.7. The summed E-state index contributed by atoms with van der Waals surface area (Å²) in [5, 5.41) is 11.4. The SMILES string of the molecule is NCC[C@](N)(O)c1cccc(C=Cc2c(Cl)cccc2Cl)c1. The van der Waals surface area contributed by atoms with E-state index in [0.717, 1.165) is 11.1 Å². The second-order valence-electron chi connectivity index (χ2n) is 5.06. The Balaban J connectivity index is 2.29. The van der Waals surface area contributed by atoms with Gasteiger partial charge in [0.25, 0.3) is 0 Å². The van der Waals surface area contributed by atoms with E-state index >= 15 is 0 Å². The molecule has 0 spiro atoms. The Morgan fingerprint density at radius 1 is 1.05 bits per heavy atom. The normalized spacial score (nSPS) is 14.2. The van der Waals surface area contributed by atoms with Gasteiger partial charge in [0.1, 0.15) is 5.72 Å². The van der Waals surface area contributed by atoms with Crippen molar-refractivity contribution in [3.63, 3.8) is 0 Å². The Morgan fingerprint density at radius 3 is 2.32 bits per heavy atom. The fraction of sp³-hybridized carbons (Fsp3) is 0.176. The van der Waals surface area contributed by atoms with Crippen molar-refractivity contribution < 1.29 is 5.11 Å². The van der Waals surface area contributed by atoms with E-state index in [1.807, 2.05) is 30.4 Å². The Kier molecular flexibility index (Phi) is 5.62. The number of hydrogen-bond acceptors (Lipinski definition) is 3. The van der Waals surface area contributed by atoms with E-state index in [9.17, 15) is 5.11 Å². The van der Waals surface area contributed by atoms with E-state index in [4.69, 9.17) is 34.7 Å². The molecule has 0 amide bonds. The average Bonchev–Trinajstić information content (AvgIpc) is 2.47. The summed E-state index contributed by atoms with van der Waals surface area (Å²) in [5.41, 5.74) is 12.2. The Labute approximate surface area is 140 Å². The van der Waals surface area contributed by atoms with Gasteiger partial charge in [-0.3, -0.25) is 5.73 Å². The van der Waals surface area contributed by atoms with Gasteiger partial charge in [-0.2, -0.15) is 0 Å². The highest BCUT2D eigenvalue weighted by Gasteiger charge is 2.22. The van der Waals surface area contributed by atoms with Crippen LogP contribution in [-0.2, 0) is 5.72 Å². The average molecular weight is 337 g/mol. The third-order valence-corrected chi connectivity index (χ3v) is 4.01. The van der Waals surface area contributed by atoms with Gasteiger partial charge in [-0.15, -0.1) is 0 Å². The summed E-state index contributed by atoms with van der Waals surface area (Å²) >= 11 is 12.3. The van der Waals surface area contributed by atoms with Crippen molar-refractivity contribution in [1.29, 1.82) is 0 Å². The molecule has 0 bridgehead atoms. The van der Waals surface area contributed by atoms with Crippen LogP contribution in [-0.4, -0.2) is 11.7 Å². The van der Waals surface area contributed by atoms with Crippen LogP contribution in [0.15, 0.2) is 42.5 Å². The lowest BCUT2D eigenvalue weighted by Crippen LogP contribution is -2.38. The molecule has 2 aromatic rings. The zero-order valence-electron chi connectivity index (χ0n) is 12.0. The molecule has 0 aromatic heterocycles. The van der Waals surface area contributed by atoms with Crippen LogP contribution in [0.1, 0.15) is 23.1 Å². The van der Waals surface area contributed by atoms with E-state index in [0.29, 0.717) is 22.2 Å². The van der Waals surface area contributed by atoms with E-state index in [1.54, 1.807) is 24.3 Å². The molecule has 22 heavy (non-hydrogen) atoms. The van der Waals surface area contributed by atoms with Crippen LogP contribution in [0.25, 0.3) is 12.2 Å². The molecule has 0 heterocycles. The molecular formula is C17H18Cl2N2O. The van der Waals surface area contributed by atoms with Crippen molar-refractivity contribution in [3.05, 3.63) is 69.2 Å². The Morgan fingerprint density at radius 2 is 1.68 bits per heavy atom. The Bertz CT molecular complexity index is 664. The minimum atomic E-state index is -1.43. The zero-order valence-corrected chi connectivity index (χ0v) is 13.5. The molecule has 116 valence electrons. The molecule has 2 rings (SSSR count). The van der Waals surface area contributed by atoms with Gasteiger partial charge < -0.3 is 10.8 Å². The third-order valence-electron chi connectivity index (χ3n) is 3.35. The summed E-state index contributed by atoms with van der Waals surface area (Å²) in [7, 11) is 0. The van der Waals surface area contributed by atoms with Crippen molar-refractivity contribution in [2.45, 2.75) is 12.1 Å². The van der Waals surface area contributed by atoms with Crippen LogP contribution >= 0.6 is 23.2 Å². The molecule has 0 aliphatic rings. The van der Waals surface area contributed by atoms with E-state index in [2.05, 4.69) is 0 Å². The number of hydrogen-bond donors (Lipinski definition) is 3. The highest BCUT2D eigenvalue weighted by Crippen LogP contribution is 2.27. The van der Waals surface area contributed by atoms with Crippen molar-refractivity contribution in [3.8, 4) is 0 Å². The molecule has 1 atom stereocenters. The lowest BCUT2D eigenvalue weighted by molar-refractivity contribution is 0.0369. The summed E-state index contributed by atoms with van der Waals surface area (Å²) in [6.45, 7) is 0.308. The first-order chi connectivity index (χ1) is 10.4. The molecule has 0 saturated heterocycles. The monoisotopic (exact) mass is 336 g/mol. The summed E-state index contributed by atoms with van der Waals surface area (Å²) < 4.78 is 0.